The van der Waals surface area contributed by atoms with Crippen LogP contribution in [0.2, 0.25) is 0 Å². The largest absolute Gasteiger partial charge is 0.229 e. The third-order valence-electron chi connectivity index (χ3n) is 12.9. The summed E-state index contributed by atoms with van der Waals surface area (Å²) in [5, 5.41) is 0. The zero-order valence-corrected chi connectivity index (χ0v) is 26.2. The predicted molar refractivity (Wildman–Crippen MR) is 146 cm³/mol. The Hall–Kier alpha value is -0.160. The van der Waals surface area contributed by atoms with Crippen molar-refractivity contribution >= 4 is 0 Å². The van der Waals surface area contributed by atoms with Crippen LogP contribution in [0.4, 0.5) is 0 Å². The van der Waals surface area contributed by atoms with Crippen molar-refractivity contribution in [3.63, 3.8) is 0 Å². The fraction of sp³-hybridized carbons (Fsp3) is 1.00. The van der Waals surface area contributed by atoms with Gasteiger partial charge >= 0.3 is 0 Å². The van der Waals surface area contributed by atoms with Gasteiger partial charge < -0.3 is 0 Å². The van der Waals surface area contributed by atoms with E-state index in [1.807, 2.05) is 0 Å². The van der Waals surface area contributed by atoms with E-state index < -0.39 is 0 Å². The molecule has 2 aliphatic heterocycles. The lowest BCUT2D eigenvalue weighted by Crippen LogP contribution is -2.81. The molecule has 0 radical (unpaired) electrons. The van der Waals surface area contributed by atoms with E-state index in [-0.39, 0.29) is 61.3 Å². The molecule has 0 aromatic heterocycles. The maximum absolute atomic E-state index is 6.35. The Morgan fingerprint density at radius 3 is 1.00 bits per heavy atom. The van der Waals surface area contributed by atoms with Gasteiger partial charge in [0, 0.05) is 5.41 Å². The highest BCUT2D eigenvalue weighted by Crippen LogP contribution is 2.73. The van der Waals surface area contributed by atoms with Crippen molar-refractivity contribution in [1.82, 2.24) is 0 Å². The van der Waals surface area contributed by atoms with Crippen molar-refractivity contribution in [2.75, 3.05) is 0 Å². The van der Waals surface area contributed by atoms with E-state index in [9.17, 15) is 0 Å². The Bertz CT molecular complexity index is 753. The van der Waals surface area contributed by atoms with Crippen LogP contribution in [0.1, 0.15) is 142 Å². The van der Waals surface area contributed by atoms with Crippen molar-refractivity contribution in [3.05, 3.63) is 0 Å². The van der Waals surface area contributed by atoms with Crippen molar-refractivity contribution in [1.29, 1.82) is 0 Å². The molecular weight excluding hydrogens is 448 g/mol. The Morgan fingerprint density at radius 1 is 0.528 bits per heavy atom. The summed E-state index contributed by atoms with van der Waals surface area (Å²) in [6, 6.07) is 0. The first-order chi connectivity index (χ1) is 16.1. The van der Waals surface area contributed by atoms with Crippen LogP contribution < -0.4 is 0 Å². The maximum atomic E-state index is 6.35. The summed E-state index contributed by atoms with van der Waals surface area (Å²) in [4.78, 5) is 24.9. The zero-order chi connectivity index (χ0) is 27.4. The van der Waals surface area contributed by atoms with Gasteiger partial charge in [0.15, 0.2) is 0 Å². The summed E-state index contributed by atoms with van der Waals surface area (Å²) < 4.78 is 0. The summed E-state index contributed by atoms with van der Waals surface area (Å²) >= 11 is 0. The van der Waals surface area contributed by atoms with Gasteiger partial charge in [-0.25, -0.2) is 19.6 Å². The first kappa shape index (κ1) is 28.8. The highest BCUT2D eigenvalue weighted by Gasteiger charge is 2.79. The lowest BCUT2D eigenvalue weighted by Gasteiger charge is -2.73. The van der Waals surface area contributed by atoms with E-state index in [1.54, 1.807) is 0 Å². The van der Waals surface area contributed by atoms with E-state index in [0.717, 1.165) is 44.9 Å². The monoisotopic (exact) mass is 506 g/mol. The van der Waals surface area contributed by atoms with Crippen molar-refractivity contribution < 1.29 is 19.6 Å². The van der Waals surface area contributed by atoms with Crippen LogP contribution >= 0.6 is 0 Å². The SMILES string of the molecule is CCC(C)(C12CCC(C(C)(C)C)(C(C)(C)C)CC1OO2)C12CCC(C(C)(C)C)(C(C)(C)C)CC1OO2. The first-order valence-corrected chi connectivity index (χ1v) is 14.8. The van der Waals surface area contributed by atoms with Gasteiger partial charge in [0.05, 0.1) is 0 Å². The quantitative estimate of drug-likeness (QED) is 0.358. The van der Waals surface area contributed by atoms with Gasteiger partial charge in [-0.05, 0) is 77.4 Å². The highest BCUT2D eigenvalue weighted by molar-refractivity contribution is 5.24. The molecule has 4 rings (SSSR count). The highest BCUT2D eigenvalue weighted by atomic mass is 17.3. The molecule has 0 N–H and O–H groups in total. The summed E-state index contributed by atoms with van der Waals surface area (Å²) in [7, 11) is 0. The second kappa shape index (κ2) is 7.95. The first-order valence-electron chi connectivity index (χ1n) is 14.8. The molecule has 36 heavy (non-hydrogen) atoms. The average Bonchev–Trinajstić information content (AvgIpc) is 2.66. The standard InChI is InChI=1S/C32H58O4/c1-15-28(14,31-18-16-29(24(2,3)4,25(5,6)7)20-22(31)33-35-31)32-19-17-30(26(8,9)10,27(11,12)13)21-23(32)34-36-32/h22-23H,15-21H2,1-14H3. The van der Waals surface area contributed by atoms with Crippen LogP contribution in [0.25, 0.3) is 0 Å². The van der Waals surface area contributed by atoms with E-state index >= 15 is 0 Å². The third-order valence-corrected chi connectivity index (χ3v) is 12.9. The Kier molecular flexibility index (Phi) is 6.37. The van der Waals surface area contributed by atoms with Crippen LogP contribution in [0.15, 0.2) is 0 Å². The molecule has 2 aliphatic carbocycles. The van der Waals surface area contributed by atoms with Crippen LogP contribution in [-0.4, -0.2) is 23.4 Å². The second-order valence-electron chi connectivity index (χ2n) is 17.4. The molecular formula is C32H58O4. The molecule has 2 heterocycles. The molecule has 0 amide bonds. The Morgan fingerprint density at radius 2 is 0.833 bits per heavy atom. The minimum atomic E-state index is -0.326. The minimum Gasteiger partial charge on any atom is -0.229 e. The third kappa shape index (κ3) is 3.32. The van der Waals surface area contributed by atoms with E-state index in [4.69, 9.17) is 19.6 Å². The van der Waals surface area contributed by atoms with Gasteiger partial charge in [0.25, 0.3) is 0 Å². The van der Waals surface area contributed by atoms with E-state index in [1.165, 1.54) is 0 Å². The van der Waals surface area contributed by atoms with Gasteiger partial charge in [-0.15, -0.1) is 0 Å². The van der Waals surface area contributed by atoms with Crippen molar-refractivity contribution in [2.24, 2.45) is 37.9 Å². The molecule has 4 fully saturated rings. The molecule has 0 aromatic carbocycles. The fourth-order valence-electron chi connectivity index (χ4n) is 10.3. The van der Waals surface area contributed by atoms with Gasteiger partial charge in [0.1, 0.15) is 23.4 Å². The topological polar surface area (TPSA) is 36.9 Å². The molecule has 0 bridgehead atoms. The number of rotatable bonds is 3. The summed E-state index contributed by atoms with van der Waals surface area (Å²) in [6.45, 7) is 33.8. The minimum absolute atomic E-state index is 0.0887. The molecule has 0 spiro atoms. The predicted octanol–water partition coefficient (Wildman–Crippen LogP) is 9.07. The number of fused-ring (bicyclic) bond motifs is 2. The molecule has 2 saturated heterocycles. The second-order valence-corrected chi connectivity index (χ2v) is 17.4. The molecule has 2 saturated carbocycles. The number of hydrogen-bond donors (Lipinski definition) is 0. The van der Waals surface area contributed by atoms with Crippen LogP contribution in [0.3, 0.4) is 0 Å². The summed E-state index contributed by atoms with van der Waals surface area (Å²) in [6.07, 6.45) is 7.54. The number of hydrogen-bond acceptors (Lipinski definition) is 4. The van der Waals surface area contributed by atoms with Crippen molar-refractivity contribution in [2.45, 2.75) is 165 Å². The fourth-order valence-corrected chi connectivity index (χ4v) is 10.3. The van der Waals surface area contributed by atoms with Gasteiger partial charge in [-0.1, -0.05) is 96.9 Å². The smallest absolute Gasteiger partial charge is 0.141 e. The van der Waals surface area contributed by atoms with E-state index in [2.05, 4.69) is 96.9 Å². The Labute approximate surface area is 222 Å². The van der Waals surface area contributed by atoms with Gasteiger partial charge in [-0.2, -0.15) is 0 Å². The lowest BCUT2D eigenvalue weighted by atomic mass is 9.40. The van der Waals surface area contributed by atoms with E-state index in [0.29, 0.717) is 0 Å². The summed E-state index contributed by atoms with van der Waals surface area (Å²) in [5.74, 6) is 0. The average molecular weight is 507 g/mol. The molecule has 4 atom stereocenters. The zero-order valence-electron chi connectivity index (χ0n) is 26.2. The maximum Gasteiger partial charge on any atom is 0.141 e. The molecule has 4 heteroatoms. The molecule has 0 aromatic rings. The van der Waals surface area contributed by atoms with Crippen molar-refractivity contribution in [3.8, 4) is 0 Å². The molecule has 4 nitrogen and oxygen atoms in total. The summed E-state index contributed by atoms with van der Waals surface area (Å²) in [5.41, 5.74) is 0.247. The van der Waals surface area contributed by atoms with Gasteiger partial charge in [-0.3, -0.25) is 0 Å². The normalized spacial score (nSPS) is 38.2. The van der Waals surface area contributed by atoms with Gasteiger partial charge in [0.2, 0.25) is 0 Å². The lowest BCUT2D eigenvalue weighted by molar-refractivity contribution is -0.603. The molecule has 4 unspecified atom stereocenters. The molecule has 210 valence electrons. The van der Waals surface area contributed by atoms with Crippen LogP contribution in [0, 0.1) is 37.9 Å². The van der Waals surface area contributed by atoms with Crippen LogP contribution in [0.5, 0.6) is 0 Å². The molecule has 4 aliphatic rings. The Balaban J connectivity index is 1.71. The van der Waals surface area contributed by atoms with Crippen LogP contribution in [-0.2, 0) is 19.6 Å².